The van der Waals surface area contributed by atoms with E-state index in [9.17, 15) is 48.6 Å². The maximum absolute atomic E-state index is 14.0. The summed E-state index contributed by atoms with van der Waals surface area (Å²) in [6.45, 7) is 2.93. The third kappa shape index (κ3) is 28.6. The van der Waals surface area contributed by atoms with Crippen molar-refractivity contribution in [3.8, 4) is 5.75 Å². The van der Waals surface area contributed by atoms with Crippen LogP contribution in [0.15, 0.2) is 24.3 Å². The normalized spacial score (nSPS) is 13.3. The second-order valence-electron chi connectivity index (χ2n) is 17.4. The van der Waals surface area contributed by atoms with Crippen molar-refractivity contribution in [2.75, 3.05) is 26.2 Å². The number of phenols is 1. The smallest absolute Gasteiger partial charge is 0.245 e. The van der Waals surface area contributed by atoms with E-state index in [0.29, 0.717) is 57.2 Å². The van der Waals surface area contributed by atoms with E-state index in [4.69, 9.17) is 17.2 Å². The number of aromatic hydroxyl groups is 1. The fraction of sp³-hybridized carbons (Fsp3) is 0.708. The highest BCUT2D eigenvalue weighted by Gasteiger charge is 2.31. The molecule has 0 spiro atoms. The van der Waals surface area contributed by atoms with Gasteiger partial charge in [-0.05, 0) is 89.1 Å². The first-order valence-corrected chi connectivity index (χ1v) is 24.5. The van der Waals surface area contributed by atoms with Gasteiger partial charge in [0, 0.05) is 19.3 Å². The summed E-state index contributed by atoms with van der Waals surface area (Å²) in [5, 5.41) is 35.0. The Balaban J connectivity index is 2.97. The number of aliphatic hydroxyl groups excluding tert-OH is 1. The summed E-state index contributed by atoms with van der Waals surface area (Å²) in [7, 11) is 0. The van der Waals surface area contributed by atoms with E-state index in [1.807, 2.05) is 0 Å². The Labute approximate surface area is 397 Å². The zero-order chi connectivity index (χ0) is 49.8. The van der Waals surface area contributed by atoms with Crippen LogP contribution in [0.4, 0.5) is 0 Å². The van der Waals surface area contributed by atoms with Crippen LogP contribution >= 0.6 is 0 Å². The second-order valence-corrected chi connectivity index (χ2v) is 17.4. The van der Waals surface area contributed by atoms with Gasteiger partial charge in [-0.2, -0.15) is 0 Å². The Morgan fingerprint density at radius 2 is 0.985 bits per heavy atom. The lowest BCUT2D eigenvalue weighted by atomic mass is 10.0. The number of ketones is 1. The largest absolute Gasteiger partial charge is 0.508 e. The van der Waals surface area contributed by atoms with Crippen molar-refractivity contribution >= 4 is 47.1 Å². The predicted molar refractivity (Wildman–Crippen MR) is 257 cm³/mol. The molecule has 0 bridgehead atoms. The minimum atomic E-state index is -1.43. The van der Waals surface area contributed by atoms with Crippen LogP contribution in [0.3, 0.4) is 0 Å². The first kappa shape index (κ1) is 59.9. The molecule has 0 unspecified atom stereocenters. The number of carbonyl (C=O) groups is 8. The molecule has 0 radical (unpaired) electrons. The molecule has 0 aliphatic heterocycles. The maximum atomic E-state index is 14.0. The zero-order valence-electron chi connectivity index (χ0n) is 40.2. The molecule has 0 heterocycles. The minimum Gasteiger partial charge on any atom is -0.508 e. The number of hydrogen-bond acceptors (Lipinski definition) is 12. The van der Waals surface area contributed by atoms with Gasteiger partial charge in [-0.1, -0.05) is 96.1 Å². The van der Waals surface area contributed by atoms with E-state index in [1.54, 1.807) is 0 Å². The lowest BCUT2D eigenvalue weighted by molar-refractivity contribution is -0.135. The first-order chi connectivity index (χ1) is 32.1. The Morgan fingerprint density at radius 1 is 0.522 bits per heavy atom. The predicted octanol–water partition coefficient (Wildman–Crippen LogP) is 2.06. The Hall–Kier alpha value is -5.14. The van der Waals surface area contributed by atoms with Crippen LogP contribution < -0.4 is 49.1 Å². The van der Waals surface area contributed by atoms with Crippen molar-refractivity contribution in [1.82, 2.24) is 31.9 Å². The van der Waals surface area contributed by atoms with Crippen LogP contribution in [0.25, 0.3) is 0 Å². The molecule has 14 N–H and O–H groups in total. The topological polar surface area (TPSA) is 327 Å². The minimum absolute atomic E-state index is 0.0511. The van der Waals surface area contributed by atoms with Crippen molar-refractivity contribution in [2.24, 2.45) is 17.2 Å². The average Bonchev–Trinajstić information content (AvgIpc) is 3.29. The van der Waals surface area contributed by atoms with E-state index < -0.39 is 84.7 Å². The molecule has 5 atom stereocenters. The van der Waals surface area contributed by atoms with Crippen LogP contribution in [0.2, 0.25) is 0 Å². The summed E-state index contributed by atoms with van der Waals surface area (Å²) >= 11 is 0. The monoisotopic (exact) mass is 946 g/mol. The molecule has 1 rings (SSSR count). The third-order valence-electron chi connectivity index (χ3n) is 11.4. The Morgan fingerprint density at radius 3 is 1.48 bits per heavy atom. The van der Waals surface area contributed by atoms with Gasteiger partial charge < -0.3 is 59.3 Å². The number of phenolic OH excluding ortho intramolecular Hbond substituents is 1. The molecule has 0 fully saturated rings. The van der Waals surface area contributed by atoms with E-state index in [-0.39, 0.29) is 43.6 Å². The van der Waals surface area contributed by atoms with Crippen LogP contribution in [0, 0.1) is 0 Å². The molecule has 7 amide bonds. The number of rotatable bonds is 40. The quantitative estimate of drug-likeness (QED) is 0.0422. The number of unbranched alkanes of at least 4 members (excludes halogenated alkanes) is 14. The number of carbonyl (C=O) groups excluding carboxylic acids is 8. The van der Waals surface area contributed by atoms with Gasteiger partial charge in [-0.15, -0.1) is 0 Å². The maximum Gasteiger partial charge on any atom is 0.245 e. The van der Waals surface area contributed by atoms with E-state index in [2.05, 4.69) is 38.8 Å². The average molecular weight is 946 g/mol. The molecule has 19 nitrogen and oxygen atoms in total. The van der Waals surface area contributed by atoms with E-state index in [0.717, 1.165) is 19.3 Å². The van der Waals surface area contributed by atoms with Gasteiger partial charge >= 0.3 is 0 Å². The molecule has 0 saturated carbocycles. The van der Waals surface area contributed by atoms with Gasteiger partial charge in [0.2, 0.25) is 41.4 Å². The molecule has 1 aromatic rings. The van der Waals surface area contributed by atoms with Crippen molar-refractivity contribution in [1.29, 1.82) is 0 Å². The van der Waals surface area contributed by atoms with Gasteiger partial charge in [0.15, 0.2) is 5.78 Å². The Bertz CT molecular complexity index is 1630. The summed E-state index contributed by atoms with van der Waals surface area (Å²) < 4.78 is 0. The second kappa shape index (κ2) is 36.9. The van der Waals surface area contributed by atoms with Crippen molar-refractivity contribution in [2.45, 2.75) is 192 Å². The lowest BCUT2D eigenvalue weighted by Gasteiger charge is -2.26. The molecule has 0 saturated heterocycles. The van der Waals surface area contributed by atoms with Gasteiger partial charge in [0.1, 0.15) is 29.9 Å². The lowest BCUT2D eigenvalue weighted by Crippen LogP contribution is -2.58. The number of Topliss-reactive ketones (excluding diaryl/α,β-unsaturated/α-hetero) is 1. The number of aliphatic hydroxyl groups is 1. The number of primary amides is 1. The van der Waals surface area contributed by atoms with E-state index in [1.165, 1.54) is 89.0 Å². The molecule has 0 aliphatic rings. The standard InChI is InChI=1S/C48H83N9O10/c1-3-4-5-6-7-8-9-10-11-12-13-14-15-22-43(62)54-41(33-58)45(64)52-32-44(63)53-40(31-35-23-25-36(60)26-24-35)48(67)57-39(27-28-42(51)61)47(66)56-38(21-17-19-30-50)46(65)55-37(34(2)59)20-16-18-29-49/h23-26,37-41,58,60H,3-22,27-33,49-50H2,1-2H3,(H2,51,61)(H,52,64)(H,53,63)(H,54,62)(H,55,65)(H,56,66)(H,57,67)/t37-,38-,39-,40-,41-/m0/s1. The molecule has 19 heteroatoms. The van der Waals surface area contributed by atoms with Crippen LogP contribution in [0.5, 0.6) is 5.75 Å². The van der Waals surface area contributed by atoms with Gasteiger partial charge in [0.05, 0.1) is 19.2 Å². The zero-order valence-corrected chi connectivity index (χ0v) is 40.2. The summed E-state index contributed by atoms with van der Waals surface area (Å²) in [6.07, 6.45) is 17.1. The summed E-state index contributed by atoms with van der Waals surface area (Å²) in [5.41, 5.74) is 17.2. The molecule has 380 valence electrons. The van der Waals surface area contributed by atoms with Crippen molar-refractivity contribution in [3.05, 3.63) is 29.8 Å². The SMILES string of the molecule is CCCCCCCCCCCCCCCC(=O)N[C@@H](CO)C(=O)NCC(=O)N[C@@H](Cc1ccc(O)cc1)C(=O)N[C@@H](CCC(N)=O)C(=O)N[C@@H](CCCCN)C(=O)N[C@@H](CCCCN)C(C)=O. The molecule has 0 aliphatic carbocycles. The highest BCUT2D eigenvalue weighted by Crippen LogP contribution is 2.15. The van der Waals surface area contributed by atoms with Crippen LogP contribution in [-0.2, 0) is 44.8 Å². The number of benzene rings is 1. The first-order valence-electron chi connectivity index (χ1n) is 24.5. The van der Waals surface area contributed by atoms with Gasteiger partial charge in [0.25, 0.3) is 0 Å². The van der Waals surface area contributed by atoms with Crippen molar-refractivity contribution < 1.29 is 48.6 Å². The highest BCUT2D eigenvalue weighted by atomic mass is 16.3. The molecular formula is C48H83N9O10. The molecule has 1 aromatic carbocycles. The Kier molecular flexibility index (Phi) is 33.0. The molecule has 67 heavy (non-hydrogen) atoms. The van der Waals surface area contributed by atoms with E-state index >= 15 is 0 Å². The van der Waals surface area contributed by atoms with Crippen LogP contribution in [-0.4, -0.2) is 114 Å². The fourth-order valence-corrected chi connectivity index (χ4v) is 7.38. The number of nitrogens with one attached hydrogen (secondary N) is 6. The van der Waals surface area contributed by atoms with Gasteiger partial charge in [-0.3, -0.25) is 38.4 Å². The van der Waals surface area contributed by atoms with Gasteiger partial charge in [-0.25, -0.2) is 0 Å². The van der Waals surface area contributed by atoms with Crippen LogP contribution in [0.1, 0.15) is 161 Å². The number of hydrogen-bond donors (Lipinski definition) is 11. The fourth-order valence-electron chi connectivity index (χ4n) is 7.38. The number of amides is 7. The third-order valence-corrected chi connectivity index (χ3v) is 11.4. The molecule has 0 aromatic heterocycles. The van der Waals surface area contributed by atoms with Crippen molar-refractivity contribution in [3.63, 3.8) is 0 Å². The number of nitrogens with two attached hydrogens (primary N) is 3. The highest BCUT2D eigenvalue weighted by molar-refractivity contribution is 5.96. The molecular weight excluding hydrogens is 863 g/mol. The summed E-state index contributed by atoms with van der Waals surface area (Å²) in [6, 6.07) is -0.306. The summed E-state index contributed by atoms with van der Waals surface area (Å²) in [5.74, 6) is -5.50. The summed E-state index contributed by atoms with van der Waals surface area (Å²) in [4.78, 5) is 104.